The smallest absolute Gasteiger partial charge is 0.317 e. The van der Waals surface area contributed by atoms with E-state index >= 15 is 0 Å². The predicted molar refractivity (Wildman–Crippen MR) is 93.9 cm³/mol. The summed E-state index contributed by atoms with van der Waals surface area (Å²) in [5.74, 6) is 0.344. The molecule has 1 N–H and O–H groups in total. The molecule has 1 aromatic carbocycles. The molecule has 1 aromatic heterocycles. The van der Waals surface area contributed by atoms with Crippen LogP contribution in [0.4, 0.5) is 4.79 Å². The van der Waals surface area contributed by atoms with Crippen molar-refractivity contribution in [1.82, 2.24) is 20.2 Å². The van der Waals surface area contributed by atoms with E-state index in [1.165, 1.54) is 5.56 Å². The van der Waals surface area contributed by atoms with Gasteiger partial charge in [-0.1, -0.05) is 30.2 Å². The molecule has 1 fully saturated rings. The topological polar surface area (TPSA) is 58.1 Å². The van der Waals surface area contributed by atoms with Gasteiger partial charge in [0.2, 0.25) is 0 Å². The van der Waals surface area contributed by atoms with Gasteiger partial charge in [0.25, 0.3) is 0 Å². The number of halogens is 1. The molecule has 5 nitrogen and oxygen atoms in total. The summed E-state index contributed by atoms with van der Waals surface area (Å²) in [6, 6.07) is 8.01. The van der Waals surface area contributed by atoms with Crippen LogP contribution in [0.15, 0.2) is 42.9 Å². The summed E-state index contributed by atoms with van der Waals surface area (Å²) in [5.41, 5.74) is 2.01. The number of urea groups is 1. The molecule has 2 aromatic rings. The Hall–Kier alpha value is -2.14. The average Bonchev–Trinajstić information content (AvgIpc) is 3.04. The lowest BCUT2D eigenvalue weighted by Gasteiger charge is -2.25. The van der Waals surface area contributed by atoms with Crippen LogP contribution in [0.2, 0.25) is 5.02 Å². The molecule has 1 saturated carbocycles. The zero-order chi connectivity index (χ0) is 16.9. The fourth-order valence-electron chi connectivity index (χ4n) is 3.24. The first-order chi connectivity index (χ1) is 11.6. The van der Waals surface area contributed by atoms with E-state index in [-0.39, 0.29) is 12.1 Å². The third kappa shape index (κ3) is 4.03. The van der Waals surface area contributed by atoms with Gasteiger partial charge >= 0.3 is 6.03 Å². The first kappa shape index (κ1) is 16.7. The number of hydrogen-bond acceptors (Lipinski definition) is 3. The molecular formula is C18H21ClN4O. The van der Waals surface area contributed by atoms with E-state index in [0.717, 1.165) is 30.0 Å². The van der Waals surface area contributed by atoms with Gasteiger partial charge in [-0.15, -0.1) is 0 Å². The highest BCUT2D eigenvalue weighted by molar-refractivity contribution is 6.30. The van der Waals surface area contributed by atoms with Crippen molar-refractivity contribution in [1.29, 1.82) is 0 Å². The standard InChI is InChI=1S/C18H21ClN4O/c1-23(12-15-11-20-9-10-21-15)18(24)22-17-4-2-3-16(17)13-5-7-14(19)8-6-13/h5-11,16-17H,2-4,12H2,1H3,(H,22,24)/t16-,17-/m1/s1. The van der Waals surface area contributed by atoms with Crippen molar-refractivity contribution in [2.75, 3.05) is 7.05 Å². The molecule has 2 amide bonds. The van der Waals surface area contributed by atoms with E-state index in [2.05, 4.69) is 27.4 Å². The number of amides is 2. The van der Waals surface area contributed by atoms with Crippen LogP contribution in [0.1, 0.15) is 36.4 Å². The van der Waals surface area contributed by atoms with E-state index in [4.69, 9.17) is 11.6 Å². The second-order valence-corrected chi connectivity index (χ2v) is 6.63. The van der Waals surface area contributed by atoms with Crippen molar-refractivity contribution in [2.24, 2.45) is 0 Å². The number of carbonyl (C=O) groups excluding carboxylic acids is 1. The number of carbonyl (C=O) groups is 1. The SMILES string of the molecule is CN(Cc1cnccn1)C(=O)N[C@@H]1CCC[C@@H]1c1ccc(Cl)cc1. The van der Waals surface area contributed by atoms with Crippen LogP contribution < -0.4 is 5.32 Å². The van der Waals surface area contributed by atoms with Crippen molar-refractivity contribution in [3.8, 4) is 0 Å². The van der Waals surface area contributed by atoms with Crippen molar-refractivity contribution >= 4 is 17.6 Å². The summed E-state index contributed by atoms with van der Waals surface area (Å²) >= 11 is 5.97. The van der Waals surface area contributed by atoms with Crippen LogP contribution in [0.25, 0.3) is 0 Å². The van der Waals surface area contributed by atoms with Gasteiger partial charge in [-0.2, -0.15) is 0 Å². The largest absolute Gasteiger partial charge is 0.335 e. The average molecular weight is 345 g/mol. The lowest BCUT2D eigenvalue weighted by atomic mass is 9.94. The molecule has 3 rings (SSSR count). The van der Waals surface area contributed by atoms with Crippen LogP contribution in [0.5, 0.6) is 0 Å². The molecule has 2 atom stereocenters. The molecule has 1 aliphatic carbocycles. The Morgan fingerprint density at radius 3 is 2.79 bits per heavy atom. The maximum absolute atomic E-state index is 12.5. The fraction of sp³-hybridized carbons (Fsp3) is 0.389. The molecule has 0 aliphatic heterocycles. The summed E-state index contributed by atoms with van der Waals surface area (Å²) in [5, 5.41) is 3.90. The normalized spacial score (nSPS) is 19.9. The Balaban J connectivity index is 1.61. The molecule has 1 heterocycles. The predicted octanol–water partition coefficient (Wildman–Crippen LogP) is 3.61. The third-order valence-electron chi connectivity index (χ3n) is 4.49. The Labute approximate surface area is 147 Å². The van der Waals surface area contributed by atoms with Gasteiger partial charge in [-0.3, -0.25) is 9.97 Å². The summed E-state index contributed by atoms with van der Waals surface area (Å²) < 4.78 is 0. The maximum Gasteiger partial charge on any atom is 0.317 e. The molecule has 6 heteroatoms. The lowest BCUT2D eigenvalue weighted by Crippen LogP contribution is -2.43. The van der Waals surface area contributed by atoms with Crippen molar-refractivity contribution in [3.05, 3.63) is 59.1 Å². The molecule has 0 saturated heterocycles. The quantitative estimate of drug-likeness (QED) is 0.921. The number of rotatable bonds is 4. The summed E-state index contributed by atoms with van der Waals surface area (Å²) in [4.78, 5) is 22.4. The second kappa shape index (κ2) is 7.62. The van der Waals surface area contributed by atoms with Crippen LogP contribution in [0.3, 0.4) is 0 Å². The number of benzene rings is 1. The first-order valence-corrected chi connectivity index (χ1v) is 8.53. The third-order valence-corrected chi connectivity index (χ3v) is 4.74. The van der Waals surface area contributed by atoms with E-state index in [1.54, 1.807) is 30.5 Å². The minimum atomic E-state index is -0.0773. The highest BCUT2D eigenvalue weighted by atomic mass is 35.5. The number of hydrogen-bond donors (Lipinski definition) is 1. The molecule has 0 radical (unpaired) electrons. The lowest BCUT2D eigenvalue weighted by molar-refractivity contribution is 0.201. The minimum absolute atomic E-state index is 0.0773. The van der Waals surface area contributed by atoms with Gasteiger partial charge in [0.1, 0.15) is 0 Å². The van der Waals surface area contributed by atoms with E-state index in [9.17, 15) is 4.79 Å². The van der Waals surface area contributed by atoms with Crippen molar-refractivity contribution in [2.45, 2.75) is 37.8 Å². The first-order valence-electron chi connectivity index (χ1n) is 8.15. The van der Waals surface area contributed by atoms with E-state index in [1.807, 2.05) is 12.1 Å². The van der Waals surface area contributed by atoms with Crippen molar-refractivity contribution in [3.63, 3.8) is 0 Å². The van der Waals surface area contributed by atoms with Crippen molar-refractivity contribution < 1.29 is 4.79 Å². The van der Waals surface area contributed by atoms with Crippen LogP contribution in [-0.4, -0.2) is 34.0 Å². The number of nitrogens with one attached hydrogen (secondary N) is 1. The van der Waals surface area contributed by atoms with Gasteiger partial charge in [0, 0.05) is 36.4 Å². The van der Waals surface area contributed by atoms with Crippen LogP contribution in [-0.2, 0) is 6.54 Å². The Morgan fingerprint density at radius 1 is 1.29 bits per heavy atom. The molecule has 1 aliphatic rings. The van der Waals surface area contributed by atoms with Gasteiger partial charge in [0.15, 0.2) is 0 Å². The summed E-state index contributed by atoms with van der Waals surface area (Å²) in [6.45, 7) is 0.442. The zero-order valence-electron chi connectivity index (χ0n) is 13.7. The van der Waals surface area contributed by atoms with Gasteiger partial charge in [-0.25, -0.2) is 4.79 Å². The molecular weight excluding hydrogens is 324 g/mol. The minimum Gasteiger partial charge on any atom is -0.335 e. The Bertz CT molecular complexity index is 677. The molecule has 126 valence electrons. The Kier molecular flexibility index (Phi) is 5.30. The fourth-order valence-corrected chi connectivity index (χ4v) is 3.36. The highest BCUT2D eigenvalue weighted by Gasteiger charge is 2.30. The van der Waals surface area contributed by atoms with Gasteiger partial charge in [0.05, 0.1) is 18.4 Å². The second-order valence-electron chi connectivity index (χ2n) is 6.20. The number of nitrogens with zero attached hydrogens (tertiary/aromatic N) is 3. The Morgan fingerprint density at radius 2 is 2.08 bits per heavy atom. The number of aromatic nitrogens is 2. The van der Waals surface area contributed by atoms with E-state index < -0.39 is 0 Å². The molecule has 0 unspecified atom stereocenters. The zero-order valence-corrected chi connectivity index (χ0v) is 14.4. The molecule has 0 bridgehead atoms. The molecule has 0 spiro atoms. The summed E-state index contributed by atoms with van der Waals surface area (Å²) in [6.07, 6.45) is 8.13. The van der Waals surface area contributed by atoms with Gasteiger partial charge < -0.3 is 10.2 Å². The van der Waals surface area contributed by atoms with Crippen LogP contribution >= 0.6 is 11.6 Å². The monoisotopic (exact) mass is 344 g/mol. The van der Waals surface area contributed by atoms with Gasteiger partial charge in [-0.05, 0) is 30.5 Å². The summed E-state index contributed by atoms with van der Waals surface area (Å²) in [7, 11) is 1.77. The molecule has 24 heavy (non-hydrogen) atoms. The highest BCUT2D eigenvalue weighted by Crippen LogP contribution is 2.35. The van der Waals surface area contributed by atoms with Crippen LogP contribution in [0, 0.1) is 0 Å². The maximum atomic E-state index is 12.5. The van der Waals surface area contributed by atoms with E-state index in [0.29, 0.717) is 12.5 Å².